The highest BCUT2D eigenvalue weighted by atomic mass is 16.5. The molecule has 0 aliphatic heterocycles. The quantitative estimate of drug-likeness (QED) is 0.329. The second-order valence-corrected chi connectivity index (χ2v) is 8.85. The van der Waals surface area contributed by atoms with Crippen LogP contribution >= 0.6 is 0 Å². The second-order valence-electron chi connectivity index (χ2n) is 8.85. The van der Waals surface area contributed by atoms with Gasteiger partial charge in [-0.1, -0.05) is 72.8 Å². The third-order valence-corrected chi connectivity index (χ3v) is 5.67. The lowest BCUT2D eigenvalue weighted by atomic mass is 10.1. The first-order valence-corrected chi connectivity index (χ1v) is 12.8. The highest BCUT2D eigenvalue weighted by Gasteiger charge is 2.20. The summed E-state index contributed by atoms with van der Waals surface area (Å²) >= 11 is 0. The number of benzene rings is 3. The van der Waals surface area contributed by atoms with Gasteiger partial charge in [-0.3, -0.25) is 9.59 Å². The van der Waals surface area contributed by atoms with Crippen molar-refractivity contribution in [3.8, 4) is 0 Å². The Hall–Kier alpha value is -4.98. The van der Waals surface area contributed by atoms with E-state index in [2.05, 4.69) is 10.6 Å². The predicted molar refractivity (Wildman–Crippen MR) is 153 cm³/mol. The molecule has 8 nitrogen and oxygen atoms in total. The van der Waals surface area contributed by atoms with Crippen LogP contribution in [0, 0.1) is 0 Å². The van der Waals surface area contributed by atoms with Gasteiger partial charge in [0, 0.05) is 11.1 Å². The minimum atomic E-state index is -0.866. The van der Waals surface area contributed by atoms with Gasteiger partial charge in [0.05, 0.1) is 0 Å². The molecule has 2 N–H and O–H groups in total. The first-order valence-electron chi connectivity index (χ1n) is 12.8. The summed E-state index contributed by atoms with van der Waals surface area (Å²) in [6.45, 7) is 3.21. The molecule has 0 heterocycles. The van der Waals surface area contributed by atoms with Crippen LogP contribution < -0.4 is 10.6 Å². The van der Waals surface area contributed by atoms with E-state index in [0.717, 1.165) is 11.1 Å². The molecule has 0 aliphatic rings. The first-order chi connectivity index (χ1) is 19.3. The van der Waals surface area contributed by atoms with Crippen molar-refractivity contribution >= 4 is 35.9 Å². The van der Waals surface area contributed by atoms with E-state index in [9.17, 15) is 19.2 Å². The van der Waals surface area contributed by atoms with Gasteiger partial charge < -0.3 is 20.1 Å². The summed E-state index contributed by atoms with van der Waals surface area (Å²) < 4.78 is 10.4. The van der Waals surface area contributed by atoms with Crippen molar-refractivity contribution in [3.05, 3.63) is 119 Å². The summed E-state index contributed by atoms with van der Waals surface area (Å²) in [6, 6.07) is 23.3. The summed E-state index contributed by atoms with van der Waals surface area (Å²) in [5, 5.41) is 5.16. The molecule has 0 spiro atoms. The Balaban J connectivity index is 1.40. The molecule has 0 radical (unpaired) electrons. The SMILES string of the molecule is CC(NC(=O)c1ccc(C(=O)NC(C)C(=O)OC/C=C/c2ccccc2)cc1)C(=O)OC/C=C/c1ccccc1. The topological polar surface area (TPSA) is 111 Å². The molecule has 2 amide bonds. The van der Waals surface area contributed by atoms with Gasteiger partial charge in [0.25, 0.3) is 11.8 Å². The zero-order valence-electron chi connectivity index (χ0n) is 22.4. The minimum Gasteiger partial charge on any atom is -0.460 e. The van der Waals surface area contributed by atoms with Gasteiger partial charge in [-0.25, -0.2) is 9.59 Å². The summed E-state index contributed by atoms with van der Waals surface area (Å²) in [6.07, 6.45) is 7.11. The third-order valence-electron chi connectivity index (χ3n) is 5.67. The molecule has 0 saturated heterocycles. The largest absolute Gasteiger partial charge is 0.460 e. The van der Waals surface area contributed by atoms with Crippen LogP contribution in [0.15, 0.2) is 97.1 Å². The number of hydrogen-bond acceptors (Lipinski definition) is 6. The van der Waals surface area contributed by atoms with Crippen LogP contribution in [-0.4, -0.2) is 49.1 Å². The molecule has 3 aromatic rings. The van der Waals surface area contributed by atoms with Crippen LogP contribution in [0.5, 0.6) is 0 Å². The number of nitrogens with one attached hydrogen (secondary N) is 2. The molecule has 8 heteroatoms. The van der Waals surface area contributed by atoms with Gasteiger partial charge in [-0.2, -0.15) is 0 Å². The number of hydrogen-bond donors (Lipinski definition) is 2. The maximum absolute atomic E-state index is 12.5. The van der Waals surface area contributed by atoms with E-state index in [1.165, 1.54) is 38.1 Å². The van der Waals surface area contributed by atoms with Gasteiger partial charge >= 0.3 is 11.9 Å². The molecule has 0 bridgehead atoms. The molecule has 0 aliphatic carbocycles. The lowest BCUT2D eigenvalue weighted by Crippen LogP contribution is -2.40. The van der Waals surface area contributed by atoms with E-state index >= 15 is 0 Å². The Kier molecular flexibility index (Phi) is 11.4. The smallest absolute Gasteiger partial charge is 0.328 e. The maximum atomic E-state index is 12.5. The molecule has 3 aromatic carbocycles. The molecular weight excluding hydrogens is 508 g/mol. The van der Waals surface area contributed by atoms with Crippen molar-refractivity contribution in [1.29, 1.82) is 0 Å². The fourth-order valence-electron chi connectivity index (χ4n) is 3.46. The highest BCUT2D eigenvalue weighted by molar-refractivity contribution is 6.00. The number of rotatable bonds is 12. The fourth-order valence-corrected chi connectivity index (χ4v) is 3.46. The van der Waals surface area contributed by atoms with Crippen LogP contribution in [0.4, 0.5) is 0 Å². The fraction of sp³-hybridized carbons (Fsp3) is 0.188. The summed E-state index contributed by atoms with van der Waals surface area (Å²) in [7, 11) is 0. The lowest BCUT2D eigenvalue weighted by molar-refractivity contribution is -0.145. The van der Waals surface area contributed by atoms with E-state index in [1.54, 1.807) is 12.2 Å². The van der Waals surface area contributed by atoms with E-state index in [1.807, 2.05) is 72.8 Å². The lowest BCUT2D eigenvalue weighted by Gasteiger charge is -2.14. The number of carbonyl (C=O) groups excluding carboxylic acids is 4. The number of amides is 2. The molecule has 40 heavy (non-hydrogen) atoms. The van der Waals surface area contributed by atoms with Gasteiger partial charge in [-0.15, -0.1) is 0 Å². The van der Waals surface area contributed by atoms with Crippen molar-refractivity contribution in [2.75, 3.05) is 13.2 Å². The molecule has 206 valence electrons. The van der Waals surface area contributed by atoms with Crippen molar-refractivity contribution in [3.63, 3.8) is 0 Å². The Morgan fingerprint density at radius 2 is 0.950 bits per heavy atom. The van der Waals surface area contributed by atoms with Crippen molar-refractivity contribution in [1.82, 2.24) is 10.6 Å². The molecule has 3 rings (SSSR count). The monoisotopic (exact) mass is 540 g/mol. The van der Waals surface area contributed by atoms with Crippen molar-refractivity contribution < 1.29 is 28.7 Å². The van der Waals surface area contributed by atoms with Gasteiger partial charge in [0.1, 0.15) is 25.3 Å². The number of ether oxygens (including phenoxy) is 2. The normalized spacial score (nSPS) is 12.4. The van der Waals surface area contributed by atoms with Crippen molar-refractivity contribution in [2.45, 2.75) is 25.9 Å². The molecular formula is C32H32N2O6. The number of carbonyl (C=O) groups is 4. The molecule has 2 unspecified atom stereocenters. The zero-order valence-corrected chi connectivity index (χ0v) is 22.4. The predicted octanol–water partition coefficient (Wildman–Crippen LogP) is 4.44. The average molecular weight is 541 g/mol. The van der Waals surface area contributed by atoms with Crippen LogP contribution in [0.2, 0.25) is 0 Å². The zero-order chi connectivity index (χ0) is 28.7. The number of esters is 2. The standard InChI is InChI=1S/C32H32N2O6/c1-23(31(37)39-21-9-15-25-11-5-3-6-12-25)33-29(35)27-17-19-28(20-18-27)30(36)34-24(2)32(38)40-22-10-16-26-13-7-4-8-14-26/h3-20,23-24H,21-22H2,1-2H3,(H,33,35)(H,34,36)/b15-9+,16-10+. The Bertz CT molecular complexity index is 1230. The van der Waals surface area contributed by atoms with Crippen LogP contribution in [0.25, 0.3) is 12.2 Å². The van der Waals surface area contributed by atoms with Crippen molar-refractivity contribution in [2.24, 2.45) is 0 Å². The van der Waals surface area contributed by atoms with Gasteiger partial charge in [0.15, 0.2) is 0 Å². The van der Waals surface area contributed by atoms with E-state index in [0.29, 0.717) is 0 Å². The minimum absolute atomic E-state index is 0.0775. The van der Waals surface area contributed by atoms with Crippen LogP contribution in [0.1, 0.15) is 45.7 Å². The Morgan fingerprint density at radius 3 is 1.30 bits per heavy atom. The van der Waals surface area contributed by atoms with Crippen LogP contribution in [-0.2, 0) is 19.1 Å². The molecule has 2 atom stereocenters. The third kappa shape index (κ3) is 9.72. The first kappa shape index (κ1) is 29.6. The highest BCUT2D eigenvalue weighted by Crippen LogP contribution is 2.07. The van der Waals surface area contributed by atoms with Gasteiger partial charge in [0.2, 0.25) is 0 Å². The maximum Gasteiger partial charge on any atom is 0.328 e. The second kappa shape index (κ2) is 15.4. The average Bonchev–Trinajstić information content (AvgIpc) is 2.98. The summed E-state index contributed by atoms with van der Waals surface area (Å²) in [4.78, 5) is 49.5. The van der Waals surface area contributed by atoms with E-state index in [-0.39, 0.29) is 24.3 Å². The van der Waals surface area contributed by atoms with Crippen LogP contribution in [0.3, 0.4) is 0 Å². The molecule has 0 aromatic heterocycles. The molecule has 0 fully saturated rings. The van der Waals surface area contributed by atoms with E-state index in [4.69, 9.17) is 9.47 Å². The summed E-state index contributed by atoms with van der Waals surface area (Å²) in [5.41, 5.74) is 2.49. The summed E-state index contributed by atoms with van der Waals surface area (Å²) in [5.74, 6) is -2.12. The van der Waals surface area contributed by atoms with Gasteiger partial charge in [-0.05, 0) is 61.4 Å². The molecule has 0 saturated carbocycles. The Morgan fingerprint density at radius 1 is 0.600 bits per heavy atom. The van der Waals surface area contributed by atoms with E-state index < -0.39 is 35.8 Å². The Labute approximate surface area is 233 Å².